The highest BCUT2D eigenvalue weighted by atomic mass is 16.6. The number of nitrogens with zero attached hydrogens (tertiary/aromatic N) is 4. The van der Waals surface area contributed by atoms with Crippen molar-refractivity contribution in [3.05, 3.63) is 39.4 Å². The first-order chi connectivity index (χ1) is 11.8. The maximum absolute atomic E-state index is 11.7. The summed E-state index contributed by atoms with van der Waals surface area (Å²) in [6.07, 6.45) is 0. The Bertz CT molecular complexity index is 668. The van der Waals surface area contributed by atoms with E-state index in [0.717, 1.165) is 26.2 Å². The van der Waals surface area contributed by atoms with Crippen molar-refractivity contribution in [2.45, 2.75) is 6.54 Å². The number of rotatable bonds is 6. The van der Waals surface area contributed by atoms with Crippen LogP contribution in [-0.2, 0) is 11.3 Å². The lowest BCUT2D eigenvalue weighted by Crippen LogP contribution is -2.48. The van der Waals surface area contributed by atoms with Gasteiger partial charge < -0.3 is 10.6 Å². The molecule has 9 heteroatoms. The summed E-state index contributed by atoms with van der Waals surface area (Å²) in [7, 11) is 3.46. The number of nitro benzene ring substituents is 1. The molecule has 0 saturated carbocycles. The van der Waals surface area contributed by atoms with Crippen LogP contribution in [0.1, 0.15) is 15.9 Å². The van der Waals surface area contributed by atoms with Gasteiger partial charge in [-0.05, 0) is 6.07 Å². The minimum absolute atomic E-state index is 0.0612. The third-order valence-corrected chi connectivity index (χ3v) is 4.28. The Morgan fingerprint density at radius 2 is 1.80 bits per heavy atom. The molecule has 1 heterocycles. The van der Waals surface area contributed by atoms with E-state index in [1.165, 1.54) is 12.1 Å². The van der Waals surface area contributed by atoms with Gasteiger partial charge in [-0.25, -0.2) is 0 Å². The van der Waals surface area contributed by atoms with Crippen LogP contribution in [0, 0.1) is 10.1 Å². The summed E-state index contributed by atoms with van der Waals surface area (Å²) < 4.78 is 0. The van der Waals surface area contributed by atoms with Gasteiger partial charge in [0.15, 0.2) is 0 Å². The number of likely N-dealkylation sites (N-methyl/N-ethyl adjacent to an activating group) is 1. The van der Waals surface area contributed by atoms with E-state index in [9.17, 15) is 19.7 Å². The zero-order valence-electron chi connectivity index (χ0n) is 14.5. The third-order valence-electron chi connectivity index (χ3n) is 4.28. The third kappa shape index (κ3) is 4.97. The highest BCUT2D eigenvalue weighted by Gasteiger charge is 2.23. The Hall–Kier alpha value is -2.52. The second kappa shape index (κ2) is 8.04. The number of nitrogens with two attached hydrogens (primary N) is 1. The van der Waals surface area contributed by atoms with E-state index >= 15 is 0 Å². The number of amides is 2. The molecule has 0 radical (unpaired) electrons. The van der Waals surface area contributed by atoms with Crippen LogP contribution in [0.25, 0.3) is 0 Å². The molecule has 0 aromatic heterocycles. The Kier molecular flexibility index (Phi) is 6.05. The number of piperazine rings is 1. The van der Waals surface area contributed by atoms with E-state index in [1.54, 1.807) is 25.1 Å². The van der Waals surface area contributed by atoms with Gasteiger partial charge in [-0.3, -0.25) is 29.5 Å². The fourth-order valence-electron chi connectivity index (χ4n) is 2.70. The highest BCUT2D eigenvalue weighted by Crippen LogP contribution is 2.22. The monoisotopic (exact) mass is 349 g/mol. The average molecular weight is 349 g/mol. The minimum atomic E-state index is -0.686. The number of nitro groups is 1. The van der Waals surface area contributed by atoms with E-state index in [0.29, 0.717) is 18.7 Å². The Morgan fingerprint density at radius 3 is 2.32 bits per heavy atom. The molecular weight excluding hydrogens is 326 g/mol. The van der Waals surface area contributed by atoms with Crippen molar-refractivity contribution in [1.82, 2.24) is 14.7 Å². The topological polar surface area (TPSA) is 113 Å². The number of carbonyl (C=O) groups is 2. The molecule has 1 fully saturated rings. The molecule has 2 N–H and O–H groups in total. The van der Waals surface area contributed by atoms with Crippen LogP contribution < -0.4 is 5.73 Å². The summed E-state index contributed by atoms with van der Waals surface area (Å²) in [5, 5.41) is 11.3. The molecule has 0 atom stereocenters. The number of hydrogen-bond acceptors (Lipinski definition) is 6. The van der Waals surface area contributed by atoms with E-state index in [1.807, 2.05) is 0 Å². The first-order valence-electron chi connectivity index (χ1n) is 8.00. The SMILES string of the molecule is CN(C)C(=O)CN1CCN(Cc2ccc(C(N)=O)cc2[N+](=O)[O-])CC1. The van der Waals surface area contributed by atoms with Crippen LogP contribution in [-0.4, -0.2) is 78.3 Å². The predicted molar refractivity (Wildman–Crippen MR) is 92.0 cm³/mol. The smallest absolute Gasteiger partial charge is 0.274 e. The second-order valence-corrected chi connectivity index (χ2v) is 6.31. The van der Waals surface area contributed by atoms with Crippen molar-refractivity contribution >= 4 is 17.5 Å². The van der Waals surface area contributed by atoms with E-state index < -0.39 is 10.8 Å². The molecule has 1 saturated heterocycles. The summed E-state index contributed by atoms with van der Waals surface area (Å²) in [5.41, 5.74) is 5.77. The molecule has 0 bridgehead atoms. The maximum Gasteiger partial charge on any atom is 0.274 e. The lowest BCUT2D eigenvalue weighted by molar-refractivity contribution is -0.385. The first kappa shape index (κ1) is 18.8. The number of benzene rings is 1. The summed E-state index contributed by atoms with van der Waals surface area (Å²) in [6, 6.07) is 4.32. The summed E-state index contributed by atoms with van der Waals surface area (Å²) in [6.45, 7) is 3.70. The quantitative estimate of drug-likeness (QED) is 0.567. The van der Waals surface area contributed by atoms with Gasteiger partial charge in [-0.2, -0.15) is 0 Å². The molecule has 1 aromatic carbocycles. The molecule has 2 rings (SSSR count). The molecule has 0 aliphatic carbocycles. The van der Waals surface area contributed by atoms with Crippen molar-refractivity contribution < 1.29 is 14.5 Å². The van der Waals surface area contributed by atoms with E-state index in [4.69, 9.17) is 5.73 Å². The molecule has 136 valence electrons. The molecule has 25 heavy (non-hydrogen) atoms. The van der Waals surface area contributed by atoms with Crippen molar-refractivity contribution in [3.8, 4) is 0 Å². The van der Waals surface area contributed by atoms with Crippen LogP contribution in [0.2, 0.25) is 0 Å². The van der Waals surface area contributed by atoms with E-state index in [-0.39, 0.29) is 17.2 Å². The zero-order chi connectivity index (χ0) is 18.6. The van der Waals surface area contributed by atoms with Crippen LogP contribution in [0.3, 0.4) is 0 Å². The van der Waals surface area contributed by atoms with Crippen molar-refractivity contribution in [3.63, 3.8) is 0 Å². The fourth-order valence-corrected chi connectivity index (χ4v) is 2.70. The van der Waals surface area contributed by atoms with Crippen molar-refractivity contribution in [2.75, 3.05) is 46.8 Å². The van der Waals surface area contributed by atoms with Crippen LogP contribution in [0.4, 0.5) is 5.69 Å². The largest absolute Gasteiger partial charge is 0.366 e. The van der Waals surface area contributed by atoms with Crippen molar-refractivity contribution in [2.24, 2.45) is 5.73 Å². The predicted octanol–water partition coefficient (Wildman–Crippen LogP) is -0.100. The summed E-state index contributed by atoms with van der Waals surface area (Å²) in [5.74, 6) is -0.625. The standard InChI is InChI=1S/C16H23N5O4/c1-18(2)15(22)11-20-7-5-19(6-8-20)10-13-4-3-12(16(17)23)9-14(13)21(24)25/h3-4,9H,5-8,10-11H2,1-2H3,(H2,17,23). The molecule has 0 spiro atoms. The average Bonchev–Trinajstić information content (AvgIpc) is 2.56. The van der Waals surface area contributed by atoms with Gasteiger partial charge in [0.05, 0.1) is 11.5 Å². The lowest BCUT2D eigenvalue weighted by atomic mass is 10.1. The van der Waals surface area contributed by atoms with E-state index in [2.05, 4.69) is 9.80 Å². The van der Waals surface area contributed by atoms with Gasteiger partial charge in [0.1, 0.15) is 0 Å². The Balaban J connectivity index is 1.99. The van der Waals surface area contributed by atoms with Gasteiger partial charge in [0, 0.05) is 64.0 Å². The van der Waals surface area contributed by atoms with Gasteiger partial charge in [-0.1, -0.05) is 6.07 Å². The molecule has 1 aromatic rings. The molecule has 0 unspecified atom stereocenters. The normalized spacial score (nSPS) is 15.8. The van der Waals surface area contributed by atoms with Crippen LogP contribution >= 0.6 is 0 Å². The number of hydrogen-bond donors (Lipinski definition) is 1. The second-order valence-electron chi connectivity index (χ2n) is 6.31. The van der Waals surface area contributed by atoms with Gasteiger partial charge >= 0.3 is 0 Å². The minimum Gasteiger partial charge on any atom is -0.366 e. The molecule has 1 aliphatic heterocycles. The molecular formula is C16H23N5O4. The lowest BCUT2D eigenvalue weighted by Gasteiger charge is -2.34. The summed E-state index contributed by atoms with van der Waals surface area (Å²) in [4.78, 5) is 39.5. The zero-order valence-corrected chi connectivity index (χ0v) is 14.5. The molecule has 9 nitrogen and oxygen atoms in total. The van der Waals surface area contributed by atoms with Crippen molar-refractivity contribution in [1.29, 1.82) is 0 Å². The fraction of sp³-hybridized carbons (Fsp3) is 0.500. The van der Waals surface area contributed by atoms with Crippen LogP contribution in [0.15, 0.2) is 18.2 Å². The van der Waals surface area contributed by atoms with Gasteiger partial charge in [0.2, 0.25) is 11.8 Å². The maximum atomic E-state index is 11.7. The highest BCUT2D eigenvalue weighted by molar-refractivity contribution is 5.93. The number of primary amides is 1. The molecule has 2 amide bonds. The first-order valence-corrected chi connectivity index (χ1v) is 8.00. The van der Waals surface area contributed by atoms with Gasteiger partial charge in [0.25, 0.3) is 5.69 Å². The Labute approximate surface area is 146 Å². The number of carbonyl (C=O) groups excluding carboxylic acids is 2. The van der Waals surface area contributed by atoms with Gasteiger partial charge in [-0.15, -0.1) is 0 Å². The molecule has 1 aliphatic rings. The summed E-state index contributed by atoms with van der Waals surface area (Å²) >= 11 is 0. The Morgan fingerprint density at radius 1 is 1.20 bits per heavy atom. The van der Waals surface area contributed by atoms with Crippen LogP contribution in [0.5, 0.6) is 0 Å².